The highest BCUT2D eigenvalue weighted by molar-refractivity contribution is 6.16. The molecule has 0 unspecified atom stereocenters. The van der Waals surface area contributed by atoms with Gasteiger partial charge in [-0.15, -0.1) is 0 Å². The highest BCUT2D eigenvalue weighted by Gasteiger charge is 2.33. The van der Waals surface area contributed by atoms with Gasteiger partial charge < -0.3 is 20.0 Å². The van der Waals surface area contributed by atoms with Crippen LogP contribution < -0.4 is 0 Å². The predicted molar refractivity (Wildman–Crippen MR) is 390 cm³/mol. The van der Waals surface area contributed by atoms with Crippen molar-refractivity contribution < 1.29 is 29.4 Å². The molecule has 0 saturated carbocycles. The Morgan fingerprint density at radius 1 is 0.222 bits per heavy atom. The number of carbonyl (C=O) groups excluding carboxylic acids is 2. The molecule has 0 bridgehead atoms. The quantitative estimate of drug-likeness (QED) is 0.0628. The number of amides is 2. The standard InChI is InChI=1S/C82H152N2O6/c1-5-9-13-17-21-25-29-33-37-41-45-49-53-57-61-65-71-83(72-66-62-58-54-50-46-42-38-34-30-26-22-18-14-10-6-2)79(85)75-69-70-76(81(87)88)78(82(89)90)77(75)80(86)84(73-67-63-59-55-51-47-43-39-35-31-27-23-19-15-11-7-3)74-68-64-60-56-52-48-44-40-36-32-28-24-20-16-12-8-4/h69-70H,5-68,71-74H2,1-4H3,(H,87,88)(H,89,90). The molecule has 0 aliphatic rings. The minimum absolute atomic E-state index is 0.0410. The van der Waals surface area contributed by atoms with Crippen LogP contribution in [0, 0.1) is 0 Å². The van der Waals surface area contributed by atoms with E-state index < -0.39 is 29.0 Å². The minimum Gasteiger partial charge on any atom is -0.478 e. The van der Waals surface area contributed by atoms with Crippen LogP contribution in [0.3, 0.4) is 0 Å². The summed E-state index contributed by atoms with van der Waals surface area (Å²) >= 11 is 0. The second-order valence-electron chi connectivity index (χ2n) is 28.3. The summed E-state index contributed by atoms with van der Waals surface area (Å²) in [4.78, 5) is 60.4. The monoisotopic (exact) mass is 1260 g/mol. The Morgan fingerprint density at radius 3 is 0.567 bits per heavy atom. The zero-order valence-electron chi connectivity index (χ0n) is 60.7. The number of carboxylic acids is 2. The lowest BCUT2D eigenvalue weighted by atomic mass is 9.93. The first-order valence-electron chi connectivity index (χ1n) is 40.5. The normalized spacial score (nSPS) is 11.5. The minimum atomic E-state index is -1.47. The van der Waals surface area contributed by atoms with Crippen LogP contribution in [0.1, 0.15) is 480 Å². The first-order valence-corrected chi connectivity index (χ1v) is 40.5. The lowest BCUT2D eigenvalue weighted by Crippen LogP contribution is -2.39. The van der Waals surface area contributed by atoms with Gasteiger partial charge in [-0.1, -0.05) is 413 Å². The Morgan fingerprint density at radius 2 is 0.389 bits per heavy atom. The molecule has 2 amide bonds. The van der Waals surface area contributed by atoms with Gasteiger partial charge in [-0.05, 0) is 37.8 Å². The number of nitrogens with zero attached hydrogens (tertiary/aromatic N) is 2. The van der Waals surface area contributed by atoms with Gasteiger partial charge in [0.1, 0.15) is 0 Å². The molecule has 1 aromatic rings. The Balaban J connectivity index is 3.15. The molecule has 2 N–H and O–H groups in total. The van der Waals surface area contributed by atoms with Gasteiger partial charge in [-0.3, -0.25) is 9.59 Å². The summed E-state index contributed by atoms with van der Waals surface area (Å²) < 4.78 is 0. The van der Waals surface area contributed by atoms with Crippen molar-refractivity contribution in [2.45, 2.75) is 439 Å². The first-order chi connectivity index (χ1) is 44.2. The predicted octanol–water partition coefficient (Wildman–Crippen LogP) is 27.0. The van der Waals surface area contributed by atoms with Crippen LogP contribution >= 0.6 is 0 Å². The number of unbranched alkanes of at least 4 members (excludes halogenated alkanes) is 60. The van der Waals surface area contributed by atoms with E-state index in [1.165, 1.54) is 346 Å². The number of carboxylic acid groups (broad SMARTS) is 2. The van der Waals surface area contributed by atoms with Crippen molar-refractivity contribution in [1.82, 2.24) is 9.80 Å². The zero-order chi connectivity index (χ0) is 65.3. The molecular weight excluding hydrogens is 1110 g/mol. The van der Waals surface area contributed by atoms with Crippen molar-refractivity contribution in [1.29, 1.82) is 0 Å². The molecule has 0 fully saturated rings. The summed E-state index contributed by atoms with van der Waals surface area (Å²) in [7, 11) is 0. The fourth-order valence-corrected chi connectivity index (χ4v) is 13.8. The maximum Gasteiger partial charge on any atom is 0.337 e. The van der Waals surface area contributed by atoms with Crippen LogP contribution in [0.2, 0.25) is 0 Å². The van der Waals surface area contributed by atoms with Gasteiger partial charge in [0.05, 0.1) is 22.3 Å². The molecule has 8 heteroatoms. The van der Waals surface area contributed by atoms with Crippen LogP contribution in [-0.4, -0.2) is 69.9 Å². The number of benzene rings is 1. The molecular formula is C82H152N2O6. The average Bonchev–Trinajstić information content (AvgIpc) is 0.828. The third-order valence-corrected chi connectivity index (χ3v) is 19.8. The van der Waals surface area contributed by atoms with E-state index in [1.807, 2.05) is 4.90 Å². The van der Waals surface area contributed by atoms with Crippen molar-refractivity contribution in [3.8, 4) is 0 Å². The maximum absolute atomic E-state index is 15.3. The number of hydrogen-bond donors (Lipinski definition) is 2. The van der Waals surface area contributed by atoms with Crippen LogP contribution in [-0.2, 0) is 0 Å². The average molecular weight is 1260 g/mol. The maximum atomic E-state index is 15.3. The van der Waals surface area contributed by atoms with Crippen molar-refractivity contribution in [2.75, 3.05) is 26.2 Å². The number of carbonyl (C=O) groups is 4. The summed E-state index contributed by atoms with van der Waals surface area (Å²) in [5, 5.41) is 21.3. The summed E-state index contributed by atoms with van der Waals surface area (Å²) in [5.41, 5.74) is -1.18. The van der Waals surface area contributed by atoms with Gasteiger partial charge in [-0.25, -0.2) is 9.59 Å². The second-order valence-corrected chi connectivity index (χ2v) is 28.3. The largest absolute Gasteiger partial charge is 0.478 e. The molecule has 0 aromatic heterocycles. The lowest BCUT2D eigenvalue weighted by Gasteiger charge is -2.28. The van der Waals surface area contributed by atoms with E-state index >= 15 is 9.59 Å². The van der Waals surface area contributed by atoms with E-state index in [9.17, 15) is 19.8 Å². The fourth-order valence-electron chi connectivity index (χ4n) is 13.8. The topological polar surface area (TPSA) is 115 Å². The van der Waals surface area contributed by atoms with Gasteiger partial charge in [0.15, 0.2) is 0 Å². The SMILES string of the molecule is CCCCCCCCCCCCCCCCCCN(CCCCCCCCCCCCCCCCCC)C(=O)c1ccc(C(=O)O)c(C(=O)O)c1C(=O)N(CCCCCCCCCCCCCCCCCC)CCCCCCCCCCCCCCCCCC. The molecule has 1 aromatic carbocycles. The summed E-state index contributed by atoms with van der Waals surface area (Å²) in [6, 6.07) is 2.72. The van der Waals surface area contributed by atoms with Gasteiger partial charge in [-0.2, -0.15) is 0 Å². The van der Waals surface area contributed by atoms with Gasteiger partial charge >= 0.3 is 11.9 Å². The third-order valence-electron chi connectivity index (χ3n) is 19.8. The lowest BCUT2D eigenvalue weighted by molar-refractivity contribution is 0.0638. The van der Waals surface area contributed by atoms with Crippen molar-refractivity contribution >= 4 is 23.8 Å². The molecule has 90 heavy (non-hydrogen) atoms. The Hall–Kier alpha value is -2.90. The molecule has 8 nitrogen and oxygen atoms in total. The molecule has 0 aliphatic carbocycles. The highest BCUT2D eigenvalue weighted by Crippen LogP contribution is 2.27. The molecule has 0 heterocycles. The van der Waals surface area contributed by atoms with E-state index in [0.717, 1.165) is 77.0 Å². The van der Waals surface area contributed by atoms with Crippen LogP contribution in [0.15, 0.2) is 12.1 Å². The summed E-state index contributed by atoms with van der Waals surface area (Å²) in [6.45, 7) is 11.1. The van der Waals surface area contributed by atoms with E-state index in [1.54, 1.807) is 4.90 Å². The van der Waals surface area contributed by atoms with Crippen molar-refractivity contribution in [3.63, 3.8) is 0 Å². The number of hydrogen-bond acceptors (Lipinski definition) is 4. The van der Waals surface area contributed by atoms with Crippen molar-refractivity contribution in [2.24, 2.45) is 0 Å². The van der Waals surface area contributed by atoms with E-state index in [2.05, 4.69) is 27.7 Å². The van der Waals surface area contributed by atoms with Gasteiger partial charge in [0.25, 0.3) is 11.8 Å². The Kier molecular flexibility index (Phi) is 62.5. The number of rotatable bonds is 72. The third kappa shape index (κ3) is 49.7. The van der Waals surface area contributed by atoms with E-state index in [0.29, 0.717) is 26.2 Å². The second kappa shape index (κ2) is 66.1. The molecule has 0 atom stereocenters. The molecule has 0 spiro atoms. The molecule has 0 radical (unpaired) electrons. The molecule has 0 saturated heterocycles. The molecule has 0 aliphatic heterocycles. The van der Waals surface area contributed by atoms with Crippen molar-refractivity contribution in [3.05, 3.63) is 34.4 Å². The Bertz CT molecular complexity index is 1690. The van der Waals surface area contributed by atoms with Gasteiger partial charge in [0.2, 0.25) is 0 Å². The first kappa shape index (κ1) is 85.1. The fraction of sp³-hybridized carbons (Fsp3) is 0.878. The van der Waals surface area contributed by atoms with E-state index in [-0.39, 0.29) is 17.0 Å². The highest BCUT2D eigenvalue weighted by atomic mass is 16.4. The Labute approximate surface area is 559 Å². The summed E-state index contributed by atoms with van der Waals surface area (Å²) in [6.07, 6.45) is 80.7. The molecule has 526 valence electrons. The smallest absolute Gasteiger partial charge is 0.337 e. The van der Waals surface area contributed by atoms with Gasteiger partial charge in [0, 0.05) is 26.2 Å². The molecule has 1 rings (SSSR count). The van der Waals surface area contributed by atoms with Crippen LogP contribution in [0.25, 0.3) is 0 Å². The summed E-state index contributed by atoms with van der Waals surface area (Å²) in [5.74, 6) is -3.73. The number of aromatic carboxylic acids is 2. The van der Waals surface area contributed by atoms with Crippen LogP contribution in [0.4, 0.5) is 0 Å². The van der Waals surface area contributed by atoms with E-state index in [4.69, 9.17) is 0 Å². The zero-order valence-corrected chi connectivity index (χ0v) is 60.7. The van der Waals surface area contributed by atoms with Crippen LogP contribution in [0.5, 0.6) is 0 Å².